The van der Waals surface area contributed by atoms with E-state index < -0.39 is 0 Å². The van der Waals surface area contributed by atoms with Gasteiger partial charge in [0.05, 0.1) is 18.2 Å². The first-order valence-electron chi connectivity index (χ1n) is 11.2. The molecule has 3 aromatic rings. The van der Waals surface area contributed by atoms with Gasteiger partial charge in [0.25, 0.3) is 5.56 Å². The number of fused-ring (bicyclic) bond motifs is 1. The maximum Gasteiger partial charge on any atom is 0.253 e. The summed E-state index contributed by atoms with van der Waals surface area (Å²) in [5.41, 5.74) is 7.13. The van der Waals surface area contributed by atoms with Crippen molar-refractivity contribution in [2.24, 2.45) is 0 Å². The van der Waals surface area contributed by atoms with Crippen molar-refractivity contribution in [2.45, 2.75) is 53.2 Å². The van der Waals surface area contributed by atoms with Gasteiger partial charge in [0.1, 0.15) is 0 Å². The molecule has 4 rings (SSSR count). The van der Waals surface area contributed by atoms with Crippen molar-refractivity contribution in [1.29, 1.82) is 0 Å². The molecule has 32 heavy (non-hydrogen) atoms. The van der Waals surface area contributed by atoms with Crippen molar-refractivity contribution in [3.05, 3.63) is 74.6 Å². The second kappa shape index (κ2) is 9.43. The smallest absolute Gasteiger partial charge is 0.253 e. The predicted molar refractivity (Wildman–Crippen MR) is 136 cm³/mol. The van der Waals surface area contributed by atoms with E-state index in [0.29, 0.717) is 23.8 Å². The van der Waals surface area contributed by atoms with Crippen LogP contribution in [-0.4, -0.2) is 34.3 Å². The summed E-state index contributed by atoms with van der Waals surface area (Å²) >= 11 is 5.81. The van der Waals surface area contributed by atoms with E-state index in [9.17, 15) is 4.79 Å². The van der Waals surface area contributed by atoms with E-state index in [1.165, 1.54) is 11.1 Å². The van der Waals surface area contributed by atoms with E-state index >= 15 is 0 Å². The van der Waals surface area contributed by atoms with Gasteiger partial charge in [-0.05, 0) is 87.0 Å². The summed E-state index contributed by atoms with van der Waals surface area (Å²) < 4.78 is 5.88. The Morgan fingerprint density at radius 3 is 2.69 bits per heavy atom. The summed E-state index contributed by atoms with van der Waals surface area (Å²) in [4.78, 5) is 18.1. The monoisotopic (exact) mass is 449 g/mol. The van der Waals surface area contributed by atoms with Crippen LogP contribution in [0, 0.1) is 27.7 Å². The van der Waals surface area contributed by atoms with Crippen LogP contribution in [0.2, 0.25) is 0 Å². The third kappa shape index (κ3) is 4.87. The fraction of sp³-hybridized carbons (Fsp3) is 0.385. The molecular formula is C26H31N3O2S. The molecule has 168 valence electrons. The highest BCUT2D eigenvalue weighted by molar-refractivity contribution is 7.80. The molecular weight excluding hydrogens is 418 g/mol. The molecule has 6 heteroatoms. The Hall–Kier alpha value is -2.70. The zero-order valence-electron chi connectivity index (χ0n) is 19.2. The molecule has 5 nitrogen and oxygen atoms in total. The lowest BCUT2D eigenvalue weighted by molar-refractivity contribution is 0.0904. The number of rotatable bonds is 5. The molecule has 2 heterocycles. The van der Waals surface area contributed by atoms with Gasteiger partial charge in [0.15, 0.2) is 5.11 Å². The van der Waals surface area contributed by atoms with Crippen LogP contribution >= 0.6 is 12.2 Å². The molecule has 0 saturated carbocycles. The number of nitrogens with zero attached hydrogens (tertiary/aromatic N) is 1. The van der Waals surface area contributed by atoms with Crippen molar-refractivity contribution in [3.8, 4) is 0 Å². The van der Waals surface area contributed by atoms with Crippen LogP contribution in [0.5, 0.6) is 0 Å². The maximum absolute atomic E-state index is 13.0. The number of H-pyrrole nitrogens is 1. The Morgan fingerprint density at radius 2 is 1.97 bits per heavy atom. The summed E-state index contributed by atoms with van der Waals surface area (Å²) in [5.74, 6) is 0. The van der Waals surface area contributed by atoms with Gasteiger partial charge in [-0.25, -0.2) is 0 Å². The fourth-order valence-electron chi connectivity index (χ4n) is 4.29. The number of anilines is 1. The molecule has 1 saturated heterocycles. The van der Waals surface area contributed by atoms with Gasteiger partial charge in [-0.2, -0.15) is 0 Å². The maximum atomic E-state index is 13.0. The van der Waals surface area contributed by atoms with Gasteiger partial charge in [0, 0.05) is 24.4 Å². The lowest BCUT2D eigenvalue weighted by atomic mass is 10.0. The lowest BCUT2D eigenvalue weighted by Gasteiger charge is -2.28. The molecule has 1 aliphatic heterocycles. The average Bonchev–Trinajstić information content (AvgIpc) is 3.26. The minimum atomic E-state index is -0.0714. The van der Waals surface area contributed by atoms with E-state index in [-0.39, 0.29) is 11.7 Å². The first-order chi connectivity index (χ1) is 15.3. The van der Waals surface area contributed by atoms with E-state index in [1.807, 2.05) is 13.0 Å². The second-order valence-corrected chi connectivity index (χ2v) is 9.25. The predicted octanol–water partition coefficient (Wildman–Crippen LogP) is 5.14. The zero-order chi connectivity index (χ0) is 22.8. The first-order valence-corrected chi connectivity index (χ1v) is 11.6. The van der Waals surface area contributed by atoms with Crippen molar-refractivity contribution >= 4 is 33.9 Å². The van der Waals surface area contributed by atoms with Crippen LogP contribution < -0.4 is 10.9 Å². The molecule has 2 aromatic carbocycles. The van der Waals surface area contributed by atoms with E-state index in [0.717, 1.165) is 47.2 Å². The van der Waals surface area contributed by atoms with Crippen LogP contribution in [-0.2, 0) is 11.3 Å². The Balaban J connectivity index is 1.63. The fourth-order valence-corrected chi connectivity index (χ4v) is 4.54. The van der Waals surface area contributed by atoms with Gasteiger partial charge < -0.3 is 19.9 Å². The van der Waals surface area contributed by atoms with Crippen molar-refractivity contribution in [1.82, 2.24) is 9.88 Å². The Morgan fingerprint density at radius 1 is 1.16 bits per heavy atom. The van der Waals surface area contributed by atoms with Gasteiger partial charge in [0.2, 0.25) is 0 Å². The quantitative estimate of drug-likeness (QED) is 0.528. The largest absolute Gasteiger partial charge is 0.376 e. The number of nitrogens with one attached hydrogen (secondary N) is 2. The topological polar surface area (TPSA) is 57.4 Å². The van der Waals surface area contributed by atoms with Crippen molar-refractivity contribution in [2.75, 3.05) is 18.5 Å². The highest BCUT2D eigenvalue weighted by atomic mass is 32.1. The van der Waals surface area contributed by atoms with Crippen LogP contribution in [0.15, 0.2) is 41.2 Å². The molecule has 2 N–H and O–H groups in total. The van der Waals surface area contributed by atoms with E-state index in [2.05, 4.69) is 66.3 Å². The van der Waals surface area contributed by atoms with Gasteiger partial charge in [-0.1, -0.05) is 29.8 Å². The Bertz CT molecular complexity index is 1210. The van der Waals surface area contributed by atoms with Gasteiger partial charge >= 0.3 is 0 Å². The highest BCUT2D eigenvalue weighted by Crippen LogP contribution is 2.22. The van der Waals surface area contributed by atoms with E-state index in [1.54, 1.807) is 0 Å². The number of thiocarbonyl (C=S) groups is 1. The minimum absolute atomic E-state index is 0.0714. The number of aromatic amines is 1. The number of pyridine rings is 1. The molecule has 1 atom stereocenters. The van der Waals surface area contributed by atoms with E-state index in [4.69, 9.17) is 17.0 Å². The Labute approximate surface area is 194 Å². The molecule has 0 aliphatic carbocycles. The van der Waals surface area contributed by atoms with Crippen molar-refractivity contribution in [3.63, 3.8) is 0 Å². The van der Waals surface area contributed by atoms with Crippen LogP contribution in [0.3, 0.4) is 0 Å². The second-order valence-electron chi connectivity index (χ2n) is 8.86. The highest BCUT2D eigenvalue weighted by Gasteiger charge is 2.22. The van der Waals surface area contributed by atoms with Crippen LogP contribution in [0.1, 0.15) is 40.7 Å². The van der Waals surface area contributed by atoms with Gasteiger partial charge in [-0.3, -0.25) is 4.79 Å². The average molecular weight is 450 g/mol. The summed E-state index contributed by atoms with van der Waals surface area (Å²) in [6.07, 6.45) is 2.19. The number of aromatic nitrogens is 1. The molecule has 0 bridgehead atoms. The van der Waals surface area contributed by atoms with Crippen LogP contribution in [0.25, 0.3) is 10.9 Å². The van der Waals surface area contributed by atoms with Gasteiger partial charge in [-0.15, -0.1) is 0 Å². The number of hydrogen-bond acceptors (Lipinski definition) is 3. The number of benzene rings is 2. The molecule has 0 amide bonds. The molecule has 1 aromatic heterocycles. The molecule has 1 aliphatic rings. The third-order valence-corrected chi connectivity index (χ3v) is 6.71. The molecule has 0 spiro atoms. The third-order valence-electron chi connectivity index (χ3n) is 6.35. The molecule has 1 fully saturated rings. The Kier molecular flexibility index (Phi) is 6.63. The normalized spacial score (nSPS) is 15.8. The summed E-state index contributed by atoms with van der Waals surface area (Å²) in [7, 11) is 0. The standard InChI is InChI=1S/C26H31N3O2S/c1-16-7-10-23(18(3)12-16)27-26(32)29(15-22-6-5-11-31-22)14-21-13-20-9-8-17(2)19(4)24(20)28-25(21)30/h7-10,12-13,22H,5-6,11,14-15H2,1-4H3,(H,27,32)(H,28,30). The lowest BCUT2D eigenvalue weighted by Crippen LogP contribution is -2.40. The zero-order valence-corrected chi connectivity index (χ0v) is 20.1. The SMILES string of the molecule is Cc1ccc(NC(=S)N(Cc2cc3ccc(C)c(C)c3[nH]c2=O)CC2CCCO2)c(C)c1. The number of aryl methyl sites for hydroxylation is 4. The van der Waals surface area contributed by atoms with Crippen molar-refractivity contribution < 1.29 is 4.74 Å². The molecule has 1 unspecified atom stereocenters. The first kappa shape index (κ1) is 22.5. The number of ether oxygens (including phenoxy) is 1. The van der Waals surface area contributed by atoms with Crippen LogP contribution in [0.4, 0.5) is 5.69 Å². The summed E-state index contributed by atoms with van der Waals surface area (Å²) in [6.45, 7) is 10.1. The minimum Gasteiger partial charge on any atom is -0.376 e. The molecule has 0 radical (unpaired) electrons. The summed E-state index contributed by atoms with van der Waals surface area (Å²) in [5, 5.41) is 5.03. The number of hydrogen-bond donors (Lipinski definition) is 2. The summed E-state index contributed by atoms with van der Waals surface area (Å²) in [6, 6.07) is 12.4.